The fourth-order valence-corrected chi connectivity index (χ4v) is 3.05. The van der Waals surface area contributed by atoms with Crippen molar-refractivity contribution in [3.05, 3.63) is 59.5 Å². The van der Waals surface area contributed by atoms with Crippen LogP contribution >= 0.6 is 0 Å². The fourth-order valence-electron chi connectivity index (χ4n) is 3.05. The number of benzene rings is 1. The Kier molecular flexibility index (Phi) is 2.68. The number of anilines is 1. The van der Waals surface area contributed by atoms with Gasteiger partial charge in [0.15, 0.2) is 5.82 Å². The first-order valence-electron chi connectivity index (χ1n) is 7.06. The monoisotopic (exact) mass is 280 g/mol. The zero-order valence-electron chi connectivity index (χ0n) is 11.7. The van der Waals surface area contributed by atoms with Crippen LogP contribution in [-0.2, 0) is 6.42 Å². The summed E-state index contributed by atoms with van der Waals surface area (Å²) in [6.45, 7) is 1.95. The first-order chi connectivity index (χ1) is 10.2. The Morgan fingerprint density at radius 3 is 3.10 bits per heavy atom. The van der Waals surface area contributed by atoms with Crippen molar-refractivity contribution in [2.24, 2.45) is 0 Å². The molecular weight excluding hydrogens is 264 g/mol. The summed E-state index contributed by atoms with van der Waals surface area (Å²) >= 11 is 0. The highest BCUT2D eigenvalue weighted by Crippen LogP contribution is 2.34. The summed E-state index contributed by atoms with van der Waals surface area (Å²) in [5.41, 5.74) is 4.20. The Morgan fingerprint density at radius 1 is 1.33 bits per heavy atom. The second-order valence-electron chi connectivity index (χ2n) is 5.48. The molecule has 0 aliphatic heterocycles. The van der Waals surface area contributed by atoms with Gasteiger partial charge in [0.2, 0.25) is 0 Å². The number of aliphatic hydroxyl groups is 1. The summed E-state index contributed by atoms with van der Waals surface area (Å²) in [6.07, 6.45) is 3.78. The summed E-state index contributed by atoms with van der Waals surface area (Å²) < 4.78 is 1.80. The van der Waals surface area contributed by atoms with Crippen LogP contribution in [0.1, 0.15) is 22.9 Å². The smallest absolute Gasteiger partial charge is 0.152 e. The molecule has 3 aromatic rings. The molecule has 0 radical (unpaired) electrons. The van der Waals surface area contributed by atoms with Crippen molar-refractivity contribution in [1.82, 2.24) is 14.6 Å². The molecule has 4 rings (SSSR count). The van der Waals surface area contributed by atoms with E-state index in [2.05, 4.69) is 27.5 Å². The lowest BCUT2D eigenvalue weighted by Gasteiger charge is -2.19. The maximum absolute atomic E-state index is 10.3. The number of hydrogen-bond donors (Lipinski definition) is 2. The van der Waals surface area contributed by atoms with Gasteiger partial charge in [-0.05, 0) is 24.1 Å². The van der Waals surface area contributed by atoms with Crippen LogP contribution in [0.3, 0.4) is 0 Å². The molecule has 21 heavy (non-hydrogen) atoms. The zero-order valence-corrected chi connectivity index (χ0v) is 11.7. The van der Waals surface area contributed by atoms with E-state index in [9.17, 15) is 5.11 Å². The number of aliphatic hydroxyl groups excluding tert-OH is 1. The minimum Gasteiger partial charge on any atom is -0.390 e. The first-order valence-corrected chi connectivity index (χ1v) is 7.06. The molecule has 0 fully saturated rings. The van der Waals surface area contributed by atoms with Crippen molar-refractivity contribution >= 4 is 11.3 Å². The van der Waals surface area contributed by atoms with E-state index in [-0.39, 0.29) is 6.04 Å². The summed E-state index contributed by atoms with van der Waals surface area (Å²) in [7, 11) is 0. The molecule has 1 aromatic carbocycles. The summed E-state index contributed by atoms with van der Waals surface area (Å²) in [5.74, 6) is 0.749. The fraction of sp³-hybridized carbons (Fsp3) is 0.250. The van der Waals surface area contributed by atoms with E-state index in [1.807, 2.05) is 31.3 Å². The Balaban J connectivity index is 1.75. The van der Waals surface area contributed by atoms with E-state index in [1.165, 1.54) is 5.56 Å². The third-order valence-corrected chi connectivity index (χ3v) is 4.01. The Bertz CT molecular complexity index is 811. The summed E-state index contributed by atoms with van der Waals surface area (Å²) in [4.78, 5) is 4.41. The van der Waals surface area contributed by atoms with Crippen LogP contribution in [0.5, 0.6) is 0 Å². The van der Waals surface area contributed by atoms with E-state index < -0.39 is 6.10 Å². The number of rotatable bonds is 2. The van der Waals surface area contributed by atoms with Crippen LogP contribution in [0.4, 0.5) is 5.82 Å². The molecule has 1 aliphatic rings. The second-order valence-corrected chi connectivity index (χ2v) is 5.48. The zero-order chi connectivity index (χ0) is 14.4. The van der Waals surface area contributed by atoms with Gasteiger partial charge in [-0.1, -0.05) is 24.3 Å². The van der Waals surface area contributed by atoms with Crippen molar-refractivity contribution in [2.45, 2.75) is 25.5 Å². The number of nitrogens with zero attached hydrogens (tertiary/aromatic N) is 3. The van der Waals surface area contributed by atoms with Crippen LogP contribution < -0.4 is 5.32 Å². The van der Waals surface area contributed by atoms with Gasteiger partial charge in [0.05, 0.1) is 17.8 Å². The third kappa shape index (κ3) is 1.97. The lowest BCUT2D eigenvalue weighted by atomic mass is 10.1. The van der Waals surface area contributed by atoms with Gasteiger partial charge in [-0.25, -0.2) is 9.50 Å². The SMILES string of the molecule is Cc1cc2c(NC3c4ccccc4CC3O)nccn2n1. The Morgan fingerprint density at radius 2 is 2.19 bits per heavy atom. The van der Waals surface area contributed by atoms with E-state index in [4.69, 9.17) is 0 Å². The van der Waals surface area contributed by atoms with Gasteiger partial charge in [-0.2, -0.15) is 5.10 Å². The van der Waals surface area contributed by atoms with E-state index in [0.717, 1.165) is 22.6 Å². The van der Waals surface area contributed by atoms with Gasteiger partial charge in [-0.3, -0.25) is 0 Å². The van der Waals surface area contributed by atoms with Crippen LogP contribution in [-0.4, -0.2) is 25.8 Å². The van der Waals surface area contributed by atoms with Crippen molar-refractivity contribution in [1.29, 1.82) is 0 Å². The molecule has 2 heterocycles. The Hall–Kier alpha value is -2.40. The highest BCUT2D eigenvalue weighted by Gasteiger charge is 2.31. The van der Waals surface area contributed by atoms with Crippen LogP contribution in [0, 0.1) is 6.92 Å². The topological polar surface area (TPSA) is 62.5 Å². The van der Waals surface area contributed by atoms with Gasteiger partial charge in [0.1, 0.15) is 5.52 Å². The lowest BCUT2D eigenvalue weighted by Crippen LogP contribution is -2.22. The molecule has 0 amide bonds. The molecule has 0 saturated heterocycles. The standard InChI is InChI=1S/C16H16N4O/c1-10-8-13-16(17-6-7-20(13)19-10)18-15-12-5-3-2-4-11(12)9-14(15)21/h2-8,14-15,21H,9H2,1H3,(H,17,18). The molecule has 2 atom stereocenters. The predicted molar refractivity (Wildman–Crippen MR) is 80.2 cm³/mol. The molecular formula is C16H16N4O. The number of fused-ring (bicyclic) bond motifs is 2. The van der Waals surface area contributed by atoms with Crippen LogP contribution in [0.15, 0.2) is 42.7 Å². The van der Waals surface area contributed by atoms with Gasteiger partial charge in [0, 0.05) is 18.8 Å². The van der Waals surface area contributed by atoms with E-state index >= 15 is 0 Å². The number of aryl methyl sites for hydroxylation is 1. The van der Waals surface area contributed by atoms with E-state index in [1.54, 1.807) is 10.7 Å². The molecule has 0 spiro atoms. The number of nitrogens with one attached hydrogen (secondary N) is 1. The van der Waals surface area contributed by atoms with Gasteiger partial charge >= 0.3 is 0 Å². The van der Waals surface area contributed by atoms with Crippen LogP contribution in [0.2, 0.25) is 0 Å². The predicted octanol–water partition coefficient (Wildman–Crippen LogP) is 2.11. The van der Waals surface area contributed by atoms with Crippen molar-refractivity contribution in [3.63, 3.8) is 0 Å². The average molecular weight is 280 g/mol. The molecule has 1 aliphatic carbocycles. The molecule has 5 heteroatoms. The average Bonchev–Trinajstić information content (AvgIpc) is 3.00. The van der Waals surface area contributed by atoms with Gasteiger partial charge in [-0.15, -0.1) is 0 Å². The van der Waals surface area contributed by atoms with Crippen molar-refractivity contribution in [3.8, 4) is 0 Å². The van der Waals surface area contributed by atoms with Crippen molar-refractivity contribution in [2.75, 3.05) is 5.32 Å². The molecule has 2 aromatic heterocycles. The normalized spacial score (nSPS) is 20.7. The summed E-state index contributed by atoms with van der Waals surface area (Å²) in [5, 5.41) is 18.1. The minimum atomic E-state index is -0.437. The molecule has 2 unspecified atom stereocenters. The van der Waals surface area contributed by atoms with Crippen molar-refractivity contribution < 1.29 is 5.11 Å². The largest absolute Gasteiger partial charge is 0.390 e. The minimum absolute atomic E-state index is 0.130. The molecule has 2 N–H and O–H groups in total. The van der Waals surface area contributed by atoms with Gasteiger partial charge < -0.3 is 10.4 Å². The number of hydrogen-bond acceptors (Lipinski definition) is 4. The van der Waals surface area contributed by atoms with E-state index in [0.29, 0.717) is 6.42 Å². The highest BCUT2D eigenvalue weighted by atomic mass is 16.3. The van der Waals surface area contributed by atoms with Crippen LogP contribution in [0.25, 0.3) is 5.52 Å². The quantitative estimate of drug-likeness (QED) is 0.754. The molecule has 0 saturated carbocycles. The number of aromatic nitrogens is 3. The Labute approximate surface area is 122 Å². The second kappa shape index (κ2) is 4.56. The lowest BCUT2D eigenvalue weighted by molar-refractivity contribution is 0.165. The maximum atomic E-state index is 10.3. The molecule has 5 nitrogen and oxygen atoms in total. The van der Waals surface area contributed by atoms with Gasteiger partial charge in [0.25, 0.3) is 0 Å². The first kappa shape index (κ1) is 12.3. The molecule has 106 valence electrons. The highest BCUT2D eigenvalue weighted by molar-refractivity contribution is 5.68. The maximum Gasteiger partial charge on any atom is 0.152 e. The summed E-state index contributed by atoms with van der Waals surface area (Å²) in [6, 6.07) is 10.00. The molecule has 0 bridgehead atoms. The third-order valence-electron chi connectivity index (χ3n) is 4.01.